The molecule has 1 aliphatic heterocycles. The lowest BCUT2D eigenvalue weighted by Crippen LogP contribution is -2.20. The predicted molar refractivity (Wildman–Crippen MR) is 105 cm³/mol. The molecule has 0 aliphatic carbocycles. The maximum atomic E-state index is 5.52. The Bertz CT molecular complexity index is 1120. The molecule has 28 heavy (non-hydrogen) atoms. The van der Waals surface area contributed by atoms with Crippen LogP contribution in [0.1, 0.15) is 30.0 Å². The lowest BCUT2D eigenvalue weighted by atomic mass is 10.1. The predicted octanol–water partition coefficient (Wildman–Crippen LogP) is 4.12. The van der Waals surface area contributed by atoms with Crippen LogP contribution in [0.2, 0.25) is 0 Å². The van der Waals surface area contributed by atoms with Crippen LogP contribution in [0, 0.1) is 13.8 Å². The van der Waals surface area contributed by atoms with E-state index in [1.807, 2.05) is 22.9 Å². The van der Waals surface area contributed by atoms with Crippen molar-refractivity contribution in [3.63, 3.8) is 0 Å². The molecule has 0 bridgehead atoms. The minimum atomic E-state index is 0.337. The molecule has 4 aromatic rings. The van der Waals surface area contributed by atoms with E-state index in [2.05, 4.69) is 52.5 Å². The van der Waals surface area contributed by atoms with Crippen molar-refractivity contribution >= 4 is 11.0 Å². The smallest absolute Gasteiger partial charge is 0.258 e. The zero-order chi connectivity index (χ0) is 19.1. The van der Waals surface area contributed by atoms with Crippen molar-refractivity contribution in [3.05, 3.63) is 47.5 Å². The Balaban J connectivity index is 1.47. The summed E-state index contributed by atoms with van der Waals surface area (Å²) in [6, 6.07) is 12.6. The Morgan fingerprint density at radius 3 is 2.54 bits per heavy atom. The number of benzene rings is 2. The third kappa shape index (κ3) is 3.07. The van der Waals surface area contributed by atoms with Gasteiger partial charge in [-0.25, -0.2) is 4.68 Å². The highest BCUT2D eigenvalue weighted by molar-refractivity contribution is 5.80. The van der Waals surface area contributed by atoms with E-state index >= 15 is 0 Å². The number of nitrogens with zero attached hydrogens (tertiary/aromatic N) is 5. The third-order valence-electron chi connectivity index (χ3n) is 5.16. The molecule has 0 unspecified atom stereocenters. The SMILES string of the molecule is Cc1cc(C)cc(-c2noc(-c3ccc4c(c3)nnn4C3CCOCC3)n2)c1. The summed E-state index contributed by atoms with van der Waals surface area (Å²) in [4.78, 5) is 4.59. The Labute approximate surface area is 162 Å². The number of fused-ring (bicyclic) bond motifs is 1. The fraction of sp³-hybridized carbons (Fsp3) is 0.333. The van der Waals surface area contributed by atoms with Crippen molar-refractivity contribution in [2.75, 3.05) is 13.2 Å². The molecule has 7 heteroatoms. The summed E-state index contributed by atoms with van der Waals surface area (Å²) in [6.07, 6.45) is 1.92. The van der Waals surface area contributed by atoms with Gasteiger partial charge in [0.05, 0.1) is 11.6 Å². The first kappa shape index (κ1) is 17.1. The van der Waals surface area contributed by atoms with Crippen LogP contribution in [0.3, 0.4) is 0 Å². The second kappa shape index (κ2) is 6.83. The van der Waals surface area contributed by atoms with E-state index in [0.29, 0.717) is 17.8 Å². The Kier molecular flexibility index (Phi) is 4.16. The molecule has 3 heterocycles. The lowest BCUT2D eigenvalue weighted by molar-refractivity contribution is 0.0669. The molecule has 0 radical (unpaired) electrons. The maximum Gasteiger partial charge on any atom is 0.258 e. The summed E-state index contributed by atoms with van der Waals surface area (Å²) in [6.45, 7) is 5.67. The number of rotatable bonds is 3. The summed E-state index contributed by atoms with van der Waals surface area (Å²) in [5.41, 5.74) is 5.99. The molecule has 7 nitrogen and oxygen atoms in total. The van der Waals surface area contributed by atoms with Gasteiger partial charge in [0.25, 0.3) is 5.89 Å². The van der Waals surface area contributed by atoms with Crippen LogP contribution in [0.5, 0.6) is 0 Å². The molecule has 0 spiro atoms. The standard InChI is InChI=1S/C21H21N5O2/c1-13-9-14(2)11-16(10-13)20-22-21(28-24-20)15-3-4-19-18(12-15)23-25-26(19)17-5-7-27-8-6-17/h3-4,9-12,17H,5-8H2,1-2H3. The van der Waals surface area contributed by atoms with Gasteiger partial charge in [0.15, 0.2) is 0 Å². The average molecular weight is 375 g/mol. The molecular formula is C21H21N5O2. The summed E-state index contributed by atoms with van der Waals surface area (Å²) in [5, 5.41) is 12.9. The highest BCUT2D eigenvalue weighted by Gasteiger charge is 2.20. The van der Waals surface area contributed by atoms with Gasteiger partial charge in [-0.3, -0.25) is 0 Å². The van der Waals surface area contributed by atoms with Gasteiger partial charge >= 0.3 is 0 Å². The minimum absolute atomic E-state index is 0.337. The van der Waals surface area contributed by atoms with Crippen molar-refractivity contribution < 1.29 is 9.26 Å². The van der Waals surface area contributed by atoms with Gasteiger partial charge in [0.1, 0.15) is 5.52 Å². The first-order chi connectivity index (χ1) is 13.7. The first-order valence-electron chi connectivity index (χ1n) is 9.53. The van der Waals surface area contributed by atoms with E-state index in [9.17, 15) is 0 Å². The molecule has 1 aliphatic rings. The van der Waals surface area contributed by atoms with Crippen LogP contribution in [0.25, 0.3) is 33.9 Å². The Morgan fingerprint density at radius 1 is 0.964 bits per heavy atom. The van der Waals surface area contributed by atoms with Crippen molar-refractivity contribution in [3.8, 4) is 22.8 Å². The van der Waals surface area contributed by atoms with Gasteiger partial charge < -0.3 is 9.26 Å². The number of aromatic nitrogens is 5. The van der Waals surface area contributed by atoms with Gasteiger partial charge in [-0.15, -0.1) is 5.10 Å². The molecular weight excluding hydrogens is 354 g/mol. The fourth-order valence-corrected chi connectivity index (χ4v) is 3.84. The fourth-order valence-electron chi connectivity index (χ4n) is 3.84. The highest BCUT2D eigenvalue weighted by Crippen LogP contribution is 2.28. The Morgan fingerprint density at radius 2 is 1.75 bits per heavy atom. The van der Waals surface area contributed by atoms with E-state index in [-0.39, 0.29) is 0 Å². The van der Waals surface area contributed by atoms with Crippen molar-refractivity contribution in [2.24, 2.45) is 0 Å². The topological polar surface area (TPSA) is 78.9 Å². The summed E-state index contributed by atoms with van der Waals surface area (Å²) in [5.74, 6) is 1.07. The molecule has 1 saturated heterocycles. The second-order valence-corrected chi connectivity index (χ2v) is 7.38. The number of hydrogen-bond donors (Lipinski definition) is 0. The van der Waals surface area contributed by atoms with E-state index in [1.54, 1.807) is 0 Å². The highest BCUT2D eigenvalue weighted by atomic mass is 16.5. The first-order valence-corrected chi connectivity index (χ1v) is 9.53. The monoisotopic (exact) mass is 375 g/mol. The van der Waals surface area contributed by atoms with Gasteiger partial charge in [-0.1, -0.05) is 27.6 Å². The van der Waals surface area contributed by atoms with Crippen molar-refractivity contribution in [2.45, 2.75) is 32.7 Å². The third-order valence-corrected chi connectivity index (χ3v) is 5.16. The van der Waals surface area contributed by atoms with Gasteiger partial charge in [-0.2, -0.15) is 4.98 Å². The summed E-state index contributed by atoms with van der Waals surface area (Å²) >= 11 is 0. The summed E-state index contributed by atoms with van der Waals surface area (Å²) < 4.78 is 13.0. The maximum absolute atomic E-state index is 5.52. The molecule has 2 aromatic carbocycles. The normalized spacial score (nSPS) is 15.4. The molecule has 0 N–H and O–H groups in total. The molecule has 0 amide bonds. The molecule has 2 aromatic heterocycles. The average Bonchev–Trinajstić information content (AvgIpc) is 3.35. The van der Waals surface area contributed by atoms with Gasteiger partial charge in [0.2, 0.25) is 5.82 Å². The number of hydrogen-bond acceptors (Lipinski definition) is 6. The second-order valence-electron chi connectivity index (χ2n) is 7.38. The molecule has 0 saturated carbocycles. The van der Waals surface area contributed by atoms with Gasteiger partial charge in [0, 0.05) is 24.3 Å². The zero-order valence-corrected chi connectivity index (χ0v) is 15.9. The van der Waals surface area contributed by atoms with E-state index in [0.717, 1.165) is 48.2 Å². The largest absolute Gasteiger partial charge is 0.381 e. The van der Waals surface area contributed by atoms with E-state index in [4.69, 9.17) is 9.26 Å². The van der Waals surface area contributed by atoms with Gasteiger partial charge in [-0.05, 0) is 57.0 Å². The van der Waals surface area contributed by atoms with Crippen molar-refractivity contribution in [1.29, 1.82) is 0 Å². The molecule has 0 atom stereocenters. The van der Waals surface area contributed by atoms with Crippen LogP contribution in [-0.2, 0) is 4.74 Å². The summed E-state index contributed by atoms with van der Waals surface area (Å²) in [7, 11) is 0. The van der Waals surface area contributed by atoms with Crippen LogP contribution in [0.4, 0.5) is 0 Å². The van der Waals surface area contributed by atoms with Crippen LogP contribution in [0.15, 0.2) is 40.9 Å². The van der Waals surface area contributed by atoms with Crippen molar-refractivity contribution in [1.82, 2.24) is 25.1 Å². The molecule has 1 fully saturated rings. The molecule has 142 valence electrons. The van der Waals surface area contributed by atoms with Crippen LogP contribution in [-0.4, -0.2) is 38.3 Å². The van der Waals surface area contributed by atoms with Crippen LogP contribution >= 0.6 is 0 Å². The quantitative estimate of drug-likeness (QED) is 0.536. The van der Waals surface area contributed by atoms with E-state index < -0.39 is 0 Å². The zero-order valence-electron chi connectivity index (χ0n) is 15.9. The van der Waals surface area contributed by atoms with Crippen LogP contribution < -0.4 is 0 Å². The number of ether oxygens (including phenoxy) is 1. The Hall–Kier alpha value is -3.06. The lowest BCUT2D eigenvalue weighted by Gasteiger charge is -2.22. The molecule has 5 rings (SSSR count). The van der Waals surface area contributed by atoms with E-state index in [1.165, 1.54) is 11.1 Å². The number of aryl methyl sites for hydroxylation is 2. The minimum Gasteiger partial charge on any atom is -0.381 e.